The number of carbonyl (C=O) groups excluding carboxylic acids is 2. The molecule has 2 aliphatic rings. The van der Waals surface area contributed by atoms with Gasteiger partial charge in [-0.3, -0.25) is 19.2 Å². The molecule has 2 aromatic heterocycles. The average molecular weight is 447 g/mol. The quantitative estimate of drug-likeness (QED) is 0.578. The Balaban J connectivity index is 1.19. The second-order valence-electron chi connectivity index (χ2n) is 9.24. The van der Waals surface area contributed by atoms with E-state index in [9.17, 15) is 9.59 Å². The molecule has 2 fully saturated rings. The van der Waals surface area contributed by atoms with E-state index in [1.54, 1.807) is 10.9 Å². The van der Waals surface area contributed by atoms with Crippen LogP contribution in [0.25, 0.3) is 22.0 Å². The summed E-state index contributed by atoms with van der Waals surface area (Å²) in [6.45, 7) is 3.89. The van der Waals surface area contributed by atoms with E-state index < -0.39 is 0 Å². The predicted octanol–water partition coefficient (Wildman–Crippen LogP) is 2.48. The summed E-state index contributed by atoms with van der Waals surface area (Å²) in [5, 5.41) is 5.18. The summed E-state index contributed by atoms with van der Waals surface area (Å²) in [5.41, 5.74) is 2.90. The molecule has 1 aromatic carbocycles. The highest BCUT2D eigenvalue weighted by Crippen LogP contribution is 2.24. The number of ketones is 1. The highest BCUT2D eigenvalue weighted by atomic mass is 16.2. The van der Waals surface area contributed by atoms with Crippen LogP contribution in [0.3, 0.4) is 0 Å². The number of benzene rings is 1. The summed E-state index contributed by atoms with van der Waals surface area (Å²) in [4.78, 5) is 38.8. The lowest BCUT2D eigenvalue weighted by molar-refractivity contribution is -0.135. The number of carbonyl (C=O) groups is 2. The molecule has 8 nitrogen and oxygen atoms in total. The smallest absolute Gasteiger partial charge is 0.236 e. The Morgan fingerprint density at radius 1 is 1.03 bits per heavy atom. The average Bonchev–Trinajstić information content (AvgIpc) is 3.50. The zero-order valence-electron chi connectivity index (χ0n) is 19.1. The number of Topliss-reactive ketones (excluding diaryl/α,β-unsaturated/α-hetero) is 1. The van der Waals surface area contributed by atoms with Crippen LogP contribution in [0.5, 0.6) is 0 Å². The van der Waals surface area contributed by atoms with Crippen LogP contribution in [0.1, 0.15) is 31.5 Å². The predicted molar refractivity (Wildman–Crippen MR) is 125 cm³/mol. The van der Waals surface area contributed by atoms with Crippen LogP contribution >= 0.6 is 0 Å². The standard InChI is InChI=1S/C25H30N6O2/c1-29-16-21(15-27-29)19-4-5-20-14-26-24(28-22(20)12-19)13-23(32)18-6-10-31(11-7-18)25(33)17-30-8-2-3-9-30/h4-5,12,14-16,18H,2-3,6-11,13,17H2,1H3. The van der Waals surface area contributed by atoms with Gasteiger partial charge in [0.25, 0.3) is 0 Å². The summed E-state index contributed by atoms with van der Waals surface area (Å²) in [5.74, 6) is 0.903. The molecule has 0 aliphatic carbocycles. The third-order valence-corrected chi connectivity index (χ3v) is 6.86. The van der Waals surface area contributed by atoms with E-state index in [-0.39, 0.29) is 24.0 Å². The fourth-order valence-corrected chi connectivity index (χ4v) is 4.88. The molecule has 2 saturated heterocycles. The largest absolute Gasteiger partial charge is 0.342 e. The number of aryl methyl sites for hydroxylation is 1. The van der Waals surface area contributed by atoms with Gasteiger partial charge >= 0.3 is 0 Å². The van der Waals surface area contributed by atoms with Crippen molar-refractivity contribution in [3.05, 3.63) is 42.6 Å². The molecule has 8 heteroatoms. The Labute approximate surface area is 193 Å². The Morgan fingerprint density at radius 2 is 1.82 bits per heavy atom. The number of amides is 1. The van der Waals surface area contributed by atoms with Gasteiger partial charge in [0.05, 0.1) is 24.7 Å². The van der Waals surface area contributed by atoms with Crippen molar-refractivity contribution >= 4 is 22.6 Å². The van der Waals surface area contributed by atoms with Crippen LogP contribution in [-0.4, -0.2) is 74.0 Å². The van der Waals surface area contributed by atoms with Crippen molar-refractivity contribution in [3.8, 4) is 11.1 Å². The molecule has 33 heavy (non-hydrogen) atoms. The Morgan fingerprint density at radius 3 is 2.55 bits per heavy atom. The summed E-state index contributed by atoms with van der Waals surface area (Å²) in [6, 6.07) is 6.05. The molecule has 1 amide bonds. The third-order valence-electron chi connectivity index (χ3n) is 6.86. The first-order valence-corrected chi connectivity index (χ1v) is 11.8. The minimum absolute atomic E-state index is 0.0261. The highest BCUT2D eigenvalue weighted by Gasteiger charge is 2.28. The van der Waals surface area contributed by atoms with Gasteiger partial charge in [-0.15, -0.1) is 0 Å². The van der Waals surface area contributed by atoms with Crippen molar-refractivity contribution in [1.29, 1.82) is 0 Å². The van der Waals surface area contributed by atoms with Gasteiger partial charge < -0.3 is 4.90 Å². The van der Waals surface area contributed by atoms with Gasteiger partial charge in [0.2, 0.25) is 5.91 Å². The number of likely N-dealkylation sites (tertiary alicyclic amines) is 2. The van der Waals surface area contributed by atoms with Gasteiger partial charge in [0.15, 0.2) is 0 Å². The first kappa shape index (κ1) is 21.7. The molecule has 0 bridgehead atoms. The van der Waals surface area contributed by atoms with E-state index in [4.69, 9.17) is 0 Å². The molecular formula is C25H30N6O2. The van der Waals surface area contributed by atoms with Crippen LogP contribution in [0, 0.1) is 5.92 Å². The van der Waals surface area contributed by atoms with Crippen molar-refractivity contribution in [2.24, 2.45) is 13.0 Å². The number of hydrogen-bond acceptors (Lipinski definition) is 6. The molecule has 5 rings (SSSR count). The first-order chi connectivity index (χ1) is 16.0. The van der Waals surface area contributed by atoms with Crippen molar-refractivity contribution in [3.63, 3.8) is 0 Å². The van der Waals surface area contributed by atoms with Crippen LogP contribution < -0.4 is 0 Å². The Hall–Kier alpha value is -3.13. The van der Waals surface area contributed by atoms with Gasteiger partial charge in [0.1, 0.15) is 11.6 Å². The molecule has 2 aliphatic heterocycles. The zero-order valence-corrected chi connectivity index (χ0v) is 19.1. The van der Waals surface area contributed by atoms with E-state index in [0.29, 0.717) is 25.5 Å². The number of aromatic nitrogens is 4. The van der Waals surface area contributed by atoms with Gasteiger partial charge in [-0.05, 0) is 50.4 Å². The molecule has 0 N–H and O–H groups in total. The summed E-state index contributed by atoms with van der Waals surface area (Å²) in [7, 11) is 1.89. The SMILES string of the molecule is Cn1cc(-c2ccc3cnc(CC(=O)C4CCN(C(=O)CN5CCCC5)CC4)nc3c2)cn1. The number of fused-ring (bicyclic) bond motifs is 1. The molecule has 172 valence electrons. The highest BCUT2D eigenvalue weighted by molar-refractivity contribution is 5.86. The van der Waals surface area contributed by atoms with Crippen molar-refractivity contribution in [1.82, 2.24) is 29.5 Å². The maximum Gasteiger partial charge on any atom is 0.236 e. The third kappa shape index (κ3) is 4.95. The minimum Gasteiger partial charge on any atom is -0.342 e. The van der Waals surface area contributed by atoms with Crippen LogP contribution in [0.15, 0.2) is 36.8 Å². The summed E-state index contributed by atoms with van der Waals surface area (Å²) < 4.78 is 1.77. The molecule has 0 atom stereocenters. The minimum atomic E-state index is -0.0261. The fraction of sp³-hybridized carbons (Fsp3) is 0.480. The normalized spacial score (nSPS) is 17.7. The van der Waals surface area contributed by atoms with Gasteiger partial charge in [-0.2, -0.15) is 5.10 Å². The first-order valence-electron chi connectivity index (χ1n) is 11.8. The molecule has 0 spiro atoms. The van der Waals surface area contributed by atoms with Crippen molar-refractivity contribution in [2.45, 2.75) is 32.1 Å². The molecule has 4 heterocycles. The van der Waals surface area contributed by atoms with Crippen molar-refractivity contribution < 1.29 is 9.59 Å². The van der Waals surface area contributed by atoms with Crippen molar-refractivity contribution in [2.75, 3.05) is 32.7 Å². The van der Waals surface area contributed by atoms with Crippen LogP contribution in [-0.2, 0) is 23.1 Å². The molecule has 0 radical (unpaired) electrons. The van der Waals surface area contributed by atoms with Gasteiger partial charge in [-0.25, -0.2) is 9.97 Å². The maximum atomic E-state index is 12.9. The molecule has 0 saturated carbocycles. The van der Waals surface area contributed by atoms with E-state index in [0.717, 1.165) is 48.0 Å². The second kappa shape index (κ2) is 9.39. The molecule has 0 unspecified atom stereocenters. The zero-order chi connectivity index (χ0) is 22.8. The Bertz CT molecular complexity index is 1160. The topological polar surface area (TPSA) is 84.2 Å². The van der Waals surface area contributed by atoms with E-state index in [1.165, 1.54) is 12.8 Å². The van der Waals surface area contributed by atoms with Crippen LogP contribution in [0.4, 0.5) is 0 Å². The number of rotatable bonds is 6. The Kier molecular flexibility index (Phi) is 6.17. The number of nitrogens with zero attached hydrogens (tertiary/aromatic N) is 6. The van der Waals surface area contributed by atoms with Gasteiger partial charge in [-0.1, -0.05) is 12.1 Å². The monoisotopic (exact) mass is 446 g/mol. The van der Waals surface area contributed by atoms with E-state index in [2.05, 4.69) is 20.0 Å². The van der Waals surface area contributed by atoms with E-state index >= 15 is 0 Å². The lowest BCUT2D eigenvalue weighted by atomic mass is 9.90. The summed E-state index contributed by atoms with van der Waals surface area (Å²) >= 11 is 0. The second-order valence-corrected chi connectivity index (χ2v) is 9.24. The lowest BCUT2D eigenvalue weighted by Gasteiger charge is -2.32. The molecular weight excluding hydrogens is 416 g/mol. The lowest BCUT2D eigenvalue weighted by Crippen LogP contribution is -2.44. The molecule has 3 aromatic rings. The number of piperidine rings is 1. The fourth-order valence-electron chi connectivity index (χ4n) is 4.88. The van der Waals surface area contributed by atoms with E-state index in [1.807, 2.05) is 42.5 Å². The van der Waals surface area contributed by atoms with Crippen LogP contribution in [0.2, 0.25) is 0 Å². The van der Waals surface area contributed by atoms with Gasteiger partial charge in [0, 0.05) is 49.4 Å². The number of hydrogen-bond donors (Lipinski definition) is 0. The maximum absolute atomic E-state index is 12.9. The summed E-state index contributed by atoms with van der Waals surface area (Å²) in [6.07, 6.45) is 9.64.